The van der Waals surface area contributed by atoms with Gasteiger partial charge in [0.15, 0.2) is 0 Å². The van der Waals surface area contributed by atoms with Crippen molar-refractivity contribution in [2.24, 2.45) is 0 Å². The molecule has 0 saturated carbocycles. The zero-order chi connectivity index (χ0) is 22.2. The molecule has 0 atom stereocenters. The number of carbonyl (C=O) groups is 1. The van der Waals surface area contributed by atoms with E-state index in [0.29, 0.717) is 75.1 Å². The van der Waals surface area contributed by atoms with Gasteiger partial charge in [0.05, 0.1) is 18.9 Å². The van der Waals surface area contributed by atoms with Crippen molar-refractivity contribution < 1.29 is 22.3 Å². The molecule has 2 aliphatic rings. The number of H-pyrrole nitrogens is 1. The average Bonchev–Trinajstić information content (AvgIpc) is 3.09. The molecule has 3 heterocycles. The molecule has 2 aliphatic heterocycles. The molecule has 31 heavy (non-hydrogen) atoms. The number of amides is 1. The molecule has 0 aliphatic carbocycles. The Labute approximate surface area is 181 Å². The normalized spacial score (nSPS) is 18.4. The van der Waals surface area contributed by atoms with E-state index in [1.54, 1.807) is 36.9 Å². The van der Waals surface area contributed by atoms with Crippen LogP contribution in [0.25, 0.3) is 0 Å². The lowest BCUT2D eigenvalue weighted by Crippen LogP contribution is -2.49. The number of nitrogens with one attached hydrogen (secondary N) is 1. The highest BCUT2D eigenvalue weighted by atomic mass is 32.2. The number of benzene rings is 1. The van der Waals surface area contributed by atoms with E-state index in [9.17, 15) is 17.6 Å². The number of aromatic nitrogens is 1. The summed E-state index contributed by atoms with van der Waals surface area (Å²) in [5.74, 6) is -0.520. The molecule has 0 radical (unpaired) electrons. The summed E-state index contributed by atoms with van der Waals surface area (Å²) in [7, 11) is -3.71. The van der Waals surface area contributed by atoms with Crippen molar-refractivity contribution in [2.75, 3.05) is 57.4 Å². The highest BCUT2D eigenvalue weighted by molar-refractivity contribution is 7.89. The van der Waals surface area contributed by atoms with Crippen LogP contribution in [0.4, 0.5) is 10.1 Å². The summed E-state index contributed by atoms with van der Waals surface area (Å²) in [6.45, 7) is 6.52. The number of halogens is 1. The van der Waals surface area contributed by atoms with E-state index in [2.05, 4.69) is 4.98 Å². The lowest BCUT2D eigenvalue weighted by atomic mass is 10.2. The van der Waals surface area contributed by atoms with Gasteiger partial charge in [0.25, 0.3) is 5.91 Å². The van der Waals surface area contributed by atoms with Crippen molar-refractivity contribution in [3.8, 4) is 0 Å². The van der Waals surface area contributed by atoms with Crippen molar-refractivity contribution in [3.05, 3.63) is 47.0 Å². The first kappa shape index (κ1) is 21.8. The number of morpholine rings is 1. The monoisotopic (exact) mass is 450 g/mol. The Morgan fingerprint density at radius 3 is 2.32 bits per heavy atom. The van der Waals surface area contributed by atoms with Crippen LogP contribution in [0.5, 0.6) is 0 Å². The van der Waals surface area contributed by atoms with Crippen molar-refractivity contribution in [1.82, 2.24) is 14.2 Å². The summed E-state index contributed by atoms with van der Waals surface area (Å²) < 4.78 is 47.0. The van der Waals surface area contributed by atoms with Gasteiger partial charge in [0, 0.05) is 45.0 Å². The first-order valence-corrected chi connectivity index (χ1v) is 11.8. The molecule has 1 aromatic carbocycles. The molecule has 0 spiro atoms. The molecule has 10 heteroatoms. The quantitative estimate of drug-likeness (QED) is 0.767. The molecule has 1 amide bonds. The number of piperazine rings is 1. The molecule has 2 saturated heterocycles. The lowest BCUT2D eigenvalue weighted by Gasteiger charge is -2.36. The molecule has 4 rings (SSSR count). The van der Waals surface area contributed by atoms with Crippen LogP contribution in [0.2, 0.25) is 0 Å². The lowest BCUT2D eigenvalue weighted by molar-refractivity contribution is 0.0729. The van der Waals surface area contributed by atoms with E-state index in [4.69, 9.17) is 4.74 Å². The van der Waals surface area contributed by atoms with Gasteiger partial charge < -0.3 is 19.5 Å². The minimum atomic E-state index is -3.71. The third-order valence-corrected chi connectivity index (χ3v) is 8.08. The molecule has 8 nitrogen and oxygen atoms in total. The number of ether oxygens (including phenoxy) is 1. The standard InChI is InChI=1S/C21H27FN4O4S/c1-15-19(23-16(2)20(15)31(28,29)26-11-13-30-14-12-26)21(27)25-9-7-24(8-10-25)18-6-4-3-5-17(18)22/h3-6,23H,7-14H2,1-2H3. The largest absolute Gasteiger partial charge is 0.379 e. The second-order valence-corrected chi connectivity index (χ2v) is 9.70. The summed E-state index contributed by atoms with van der Waals surface area (Å²) in [5.41, 5.74) is 1.71. The second kappa shape index (κ2) is 8.60. The van der Waals surface area contributed by atoms with E-state index in [-0.39, 0.29) is 16.6 Å². The van der Waals surface area contributed by atoms with Gasteiger partial charge in [-0.1, -0.05) is 12.1 Å². The Bertz CT molecular complexity index is 1070. The predicted molar refractivity (Wildman–Crippen MR) is 114 cm³/mol. The molecule has 2 aromatic rings. The van der Waals surface area contributed by atoms with E-state index < -0.39 is 10.0 Å². The average molecular weight is 451 g/mol. The number of sulfonamides is 1. The Morgan fingerprint density at radius 1 is 1.03 bits per heavy atom. The number of rotatable bonds is 4. The summed E-state index contributed by atoms with van der Waals surface area (Å²) in [6, 6.07) is 6.59. The third kappa shape index (κ3) is 4.07. The maximum atomic E-state index is 14.1. The fraction of sp³-hybridized carbons (Fsp3) is 0.476. The number of hydrogen-bond acceptors (Lipinski definition) is 5. The molecule has 1 N–H and O–H groups in total. The van der Waals surface area contributed by atoms with Crippen molar-refractivity contribution in [1.29, 1.82) is 0 Å². The molecular formula is C21H27FN4O4S. The Kier molecular flexibility index (Phi) is 6.05. The summed E-state index contributed by atoms with van der Waals surface area (Å²) in [5, 5.41) is 0. The molecule has 1 aromatic heterocycles. The van der Waals surface area contributed by atoms with Gasteiger partial charge in [0.1, 0.15) is 16.4 Å². The molecule has 168 valence electrons. The van der Waals surface area contributed by atoms with E-state index in [1.807, 2.05) is 4.90 Å². The Morgan fingerprint density at radius 2 is 1.68 bits per heavy atom. The number of para-hydroxylation sites is 1. The minimum absolute atomic E-state index is 0.169. The maximum Gasteiger partial charge on any atom is 0.270 e. The van der Waals surface area contributed by atoms with Gasteiger partial charge >= 0.3 is 0 Å². The van der Waals surface area contributed by atoms with Gasteiger partial charge in [-0.05, 0) is 31.5 Å². The first-order valence-electron chi connectivity index (χ1n) is 10.4. The van der Waals surface area contributed by atoms with Crippen molar-refractivity contribution in [2.45, 2.75) is 18.7 Å². The Balaban J connectivity index is 1.51. The number of nitrogens with zero attached hydrogens (tertiary/aromatic N) is 3. The number of hydrogen-bond donors (Lipinski definition) is 1. The molecular weight excluding hydrogens is 423 g/mol. The van der Waals surface area contributed by atoms with Crippen LogP contribution in [0.1, 0.15) is 21.7 Å². The minimum Gasteiger partial charge on any atom is -0.379 e. The highest BCUT2D eigenvalue weighted by Gasteiger charge is 2.34. The summed E-state index contributed by atoms with van der Waals surface area (Å²) in [6.07, 6.45) is 0. The van der Waals surface area contributed by atoms with Crippen molar-refractivity contribution >= 4 is 21.6 Å². The third-order valence-electron chi connectivity index (χ3n) is 5.91. The number of aromatic amines is 1. The maximum absolute atomic E-state index is 14.1. The Hall–Kier alpha value is -2.43. The van der Waals surface area contributed by atoms with Crippen molar-refractivity contribution in [3.63, 3.8) is 0 Å². The smallest absolute Gasteiger partial charge is 0.270 e. The topological polar surface area (TPSA) is 86.0 Å². The van der Waals surface area contributed by atoms with Gasteiger partial charge in [-0.15, -0.1) is 0 Å². The van der Waals surface area contributed by atoms with Crippen LogP contribution in [0, 0.1) is 19.7 Å². The molecule has 0 unspecified atom stereocenters. The van der Waals surface area contributed by atoms with Gasteiger partial charge in [-0.25, -0.2) is 12.8 Å². The van der Waals surface area contributed by atoms with Crippen LogP contribution in [0.15, 0.2) is 29.2 Å². The fourth-order valence-electron chi connectivity index (χ4n) is 4.27. The van der Waals surface area contributed by atoms with Crippen LogP contribution in [0.3, 0.4) is 0 Å². The molecule has 2 fully saturated rings. The predicted octanol–water partition coefficient (Wildman–Crippen LogP) is 1.75. The van der Waals surface area contributed by atoms with E-state index in [0.717, 1.165) is 0 Å². The summed E-state index contributed by atoms with van der Waals surface area (Å²) >= 11 is 0. The molecule has 0 bridgehead atoms. The van der Waals surface area contributed by atoms with E-state index >= 15 is 0 Å². The van der Waals surface area contributed by atoms with E-state index in [1.165, 1.54) is 10.4 Å². The van der Waals surface area contributed by atoms with Gasteiger partial charge in [-0.2, -0.15) is 4.31 Å². The number of carbonyl (C=O) groups excluding carboxylic acids is 1. The zero-order valence-electron chi connectivity index (χ0n) is 17.7. The highest BCUT2D eigenvalue weighted by Crippen LogP contribution is 2.28. The second-order valence-electron chi connectivity index (χ2n) is 7.83. The van der Waals surface area contributed by atoms with Crippen LogP contribution in [-0.4, -0.2) is 81.0 Å². The zero-order valence-corrected chi connectivity index (χ0v) is 18.5. The van der Waals surface area contributed by atoms with Gasteiger partial charge in [0.2, 0.25) is 10.0 Å². The van der Waals surface area contributed by atoms with Crippen LogP contribution < -0.4 is 4.90 Å². The number of anilines is 1. The van der Waals surface area contributed by atoms with Crippen LogP contribution in [-0.2, 0) is 14.8 Å². The fourth-order valence-corrected chi connectivity index (χ4v) is 6.08. The van der Waals surface area contributed by atoms with Crippen LogP contribution >= 0.6 is 0 Å². The number of aryl methyl sites for hydroxylation is 1. The van der Waals surface area contributed by atoms with Gasteiger partial charge in [-0.3, -0.25) is 4.79 Å². The first-order chi connectivity index (χ1) is 14.8. The SMILES string of the molecule is Cc1[nH]c(C(=O)N2CCN(c3ccccc3F)CC2)c(C)c1S(=O)(=O)N1CCOCC1. The summed E-state index contributed by atoms with van der Waals surface area (Å²) in [4.78, 5) is 19.9.